The molecule has 2 fully saturated rings. The minimum Gasteiger partial charge on any atom is -0.497 e. The van der Waals surface area contributed by atoms with Crippen molar-refractivity contribution in [1.29, 1.82) is 0 Å². The monoisotopic (exact) mass is 332 g/mol. The summed E-state index contributed by atoms with van der Waals surface area (Å²) in [6.07, 6.45) is 4.77. The molecule has 1 saturated heterocycles. The number of benzene rings is 1. The minimum absolute atomic E-state index is 0.102. The first-order chi connectivity index (χ1) is 11.6. The molecule has 1 N–H and O–H groups in total. The topological polar surface area (TPSA) is 67.9 Å². The molecule has 0 unspecified atom stereocenters. The fraction of sp³-hybridized carbons (Fsp3) is 0.556. The summed E-state index contributed by atoms with van der Waals surface area (Å²) in [6, 6.07) is 5.56. The van der Waals surface area contributed by atoms with E-state index in [2.05, 4.69) is 5.32 Å². The number of carbonyl (C=O) groups excluding carboxylic acids is 2. The van der Waals surface area contributed by atoms with Gasteiger partial charge in [0.05, 0.1) is 20.1 Å². The minimum atomic E-state index is -0.296. The van der Waals surface area contributed by atoms with E-state index in [4.69, 9.17) is 9.47 Å². The predicted octanol–water partition coefficient (Wildman–Crippen LogP) is 2.43. The Kier molecular flexibility index (Phi) is 4.92. The summed E-state index contributed by atoms with van der Waals surface area (Å²) in [6.45, 7) is 0.524. The first-order valence-corrected chi connectivity index (χ1v) is 8.44. The Morgan fingerprint density at radius 3 is 2.33 bits per heavy atom. The van der Waals surface area contributed by atoms with E-state index in [1.165, 1.54) is 12.8 Å². The third kappa shape index (κ3) is 3.47. The molecule has 1 aliphatic carbocycles. The van der Waals surface area contributed by atoms with Gasteiger partial charge in [-0.25, -0.2) is 0 Å². The molecule has 24 heavy (non-hydrogen) atoms. The van der Waals surface area contributed by atoms with Crippen LogP contribution in [-0.4, -0.2) is 43.5 Å². The number of nitrogens with one attached hydrogen (secondary N) is 1. The molecule has 3 rings (SSSR count). The van der Waals surface area contributed by atoms with Crippen LogP contribution in [0.2, 0.25) is 0 Å². The molecule has 0 radical (unpaired) electrons. The van der Waals surface area contributed by atoms with Gasteiger partial charge in [0.2, 0.25) is 11.8 Å². The van der Waals surface area contributed by atoms with Crippen LogP contribution in [0.3, 0.4) is 0 Å². The number of nitrogens with zero attached hydrogens (tertiary/aromatic N) is 1. The maximum Gasteiger partial charge on any atom is 0.229 e. The summed E-state index contributed by atoms with van der Waals surface area (Å²) in [4.78, 5) is 26.7. The van der Waals surface area contributed by atoms with Gasteiger partial charge in [-0.3, -0.25) is 9.59 Å². The summed E-state index contributed by atoms with van der Waals surface area (Å²) in [7, 11) is 3.13. The molecule has 6 nitrogen and oxygen atoms in total. The number of carbonyl (C=O) groups is 2. The molecule has 0 bridgehead atoms. The third-order valence-corrected chi connectivity index (χ3v) is 4.91. The molecule has 1 aromatic rings. The first-order valence-electron chi connectivity index (χ1n) is 8.44. The quantitative estimate of drug-likeness (QED) is 0.899. The lowest BCUT2D eigenvalue weighted by Gasteiger charge is -2.23. The first kappa shape index (κ1) is 16.6. The van der Waals surface area contributed by atoms with Crippen LogP contribution in [0.1, 0.15) is 32.1 Å². The summed E-state index contributed by atoms with van der Waals surface area (Å²) in [5, 5.41) is 2.89. The maximum atomic E-state index is 12.5. The second kappa shape index (κ2) is 7.11. The Labute approximate surface area is 142 Å². The lowest BCUT2D eigenvalue weighted by atomic mass is 10.1. The van der Waals surface area contributed by atoms with Crippen molar-refractivity contribution in [2.45, 2.75) is 38.1 Å². The van der Waals surface area contributed by atoms with Crippen molar-refractivity contribution in [3.05, 3.63) is 18.2 Å². The van der Waals surface area contributed by atoms with Crippen LogP contribution in [0.5, 0.6) is 11.5 Å². The maximum absolute atomic E-state index is 12.5. The molecule has 2 amide bonds. The number of rotatable bonds is 5. The fourth-order valence-corrected chi connectivity index (χ4v) is 3.60. The van der Waals surface area contributed by atoms with E-state index >= 15 is 0 Å². The Morgan fingerprint density at radius 2 is 1.75 bits per heavy atom. The Balaban J connectivity index is 1.66. The van der Waals surface area contributed by atoms with Crippen molar-refractivity contribution >= 4 is 17.5 Å². The van der Waals surface area contributed by atoms with Gasteiger partial charge < -0.3 is 19.7 Å². The van der Waals surface area contributed by atoms with Gasteiger partial charge in [-0.15, -0.1) is 0 Å². The number of likely N-dealkylation sites (tertiary alicyclic amines) is 1. The van der Waals surface area contributed by atoms with Crippen LogP contribution >= 0.6 is 0 Å². The van der Waals surface area contributed by atoms with E-state index < -0.39 is 0 Å². The molecule has 1 saturated carbocycles. The standard InChI is InChI=1S/C18H24N2O4/c1-23-15-8-13(9-16(10-15)24-2)19-18(22)12-7-17(21)20(11-12)14-5-3-4-6-14/h8-10,12,14H,3-7,11H2,1-2H3,(H,19,22)/t12-/m0/s1. The van der Waals surface area contributed by atoms with Gasteiger partial charge in [-0.1, -0.05) is 12.8 Å². The highest BCUT2D eigenvalue weighted by Gasteiger charge is 2.38. The van der Waals surface area contributed by atoms with Gasteiger partial charge in [-0.2, -0.15) is 0 Å². The molecule has 1 atom stereocenters. The van der Waals surface area contributed by atoms with Crippen molar-refractivity contribution in [2.24, 2.45) is 5.92 Å². The van der Waals surface area contributed by atoms with Crippen molar-refractivity contribution in [1.82, 2.24) is 4.90 Å². The van der Waals surface area contributed by atoms with Crippen LogP contribution in [0.4, 0.5) is 5.69 Å². The zero-order valence-corrected chi connectivity index (χ0v) is 14.2. The number of hydrogen-bond acceptors (Lipinski definition) is 4. The summed E-state index contributed by atoms with van der Waals surface area (Å²) < 4.78 is 10.4. The molecule has 1 heterocycles. The number of anilines is 1. The molecule has 0 aromatic heterocycles. The van der Waals surface area contributed by atoms with Gasteiger partial charge in [0, 0.05) is 42.9 Å². The van der Waals surface area contributed by atoms with Gasteiger partial charge in [0.25, 0.3) is 0 Å². The highest BCUT2D eigenvalue weighted by atomic mass is 16.5. The predicted molar refractivity (Wildman–Crippen MR) is 90.3 cm³/mol. The number of ether oxygens (including phenoxy) is 2. The summed E-state index contributed by atoms with van der Waals surface area (Å²) in [5.41, 5.74) is 0.614. The fourth-order valence-electron chi connectivity index (χ4n) is 3.60. The van der Waals surface area contributed by atoms with E-state index in [9.17, 15) is 9.59 Å². The average molecular weight is 332 g/mol. The lowest BCUT2D eigenvalue weighted by molar-refractivity contribution is -0.129. The smallest absolute Gasteiger partial charge is 0.229 e. The third-order valence-electron chi connectivity index (χ3n) is 4.91. The largest absolute Gasteiger partial charge is 0.497 e. The van der Waals surface area contributed by atoms with Crippen molar-refractivity contribution in [2.75, 3.05) is 26.1 Å². The summed E-state index contributed by atoms with van der Waals surface area (Å²) in [5.74, 6) is 0.902. The van der Waals surface area contributed by atoms with E-state index in [-0.39, 0.29) is 17.7 Å². The van der Waals surface area contributed by atoms with Crippen molar-refractivity contribution < 1.29 is 19.1 Å². The van der Waals surface area contributed by atoms with E-state index in [1.54, 1.807) is 32.4 Å². The second-order valence-corrected chi connectivity index (χ2v) is 6.48. The molecule has 1 aromatic carbocycles. The SMILES string of the molecule is COc1cc(NC(=O)[C@H]2CC(=O)N(C3CCCC3)C2)cc(OC)c1. The molecule has 130 valence electrons. The second-order valence-electron chi connectivity index (χ2n) is 6.48. The van der Waals surface area contributed by atoms with Crippen LogP contribution < -0.4 is 14.8 Å². The van der Waals surface area contributed by atoms with Crippen LogP contribution in [-0.2, 0) is 9.59 Å². The zero-order valence-electron chi connectivity index (χ0n) is 14.2. The van der Waals surface area contributed by atoms with Gasteiger partial charge in [-0.05, 0) is 12.8 Å². The van der Waals surface area contributed by atoms with E-state index in [1.807, 2.05) is 4.90 Å². The molecule has 1 aliphatic heterocycles. The molecule has 6 heteroatoms. The highest BCUT2D eigenvalue weighted by Crippen LogP contribution is 2.31. The Morgan fingerprint density at radius 1 is 1.12 bits per heavy atom. The summed E-state index contributed by atoms with van der Waals surface area (Å²) >= 11 is 0. The van der Waals surface area contributed by atoms with Crippen LogP contribution in [0, 0.1) is 5.92 Å². The lowest BCUT2D eigenvalue weighted by Crippen LogP contribution is -2.35. The van der Waals surface area contributed by atoms with Crippen LogP contribution in [0.25, 0.3) is 0 Å². The Bertz CT molecular complexity index is 603. The van der Waals surface area contributed by atoms with Gasteiger partial charge in [0.1, 0.15) is 11.5 Å². The zero-order chi connectivity index (χ0) is 17.1. The van der Waals surface area contributed by atoms with E-state index in [0.29, 0.717) is 36.2 Å². The van der Waals surface area contributed by atoms with Gasteiger partial charge >= 0.3 is 0 Å². The van der Waals surface area contributed by atoms with Crippen molar-refractivity contribution in [3.63, 3.8) is 0 Å². The van der Waals surface area contributed by atoms with Crippen LogP contribution in [0.15, 0.2) is 18.2 Å². The van der Waals surface area contributed by atoms with Gasteiger partial charge in [0.15, 0.2) is 0 Å². The number of amides is 2. The molecular formula is C18H24N2O4. The van der Waals surface area contributed by atoms with E-state index in [0.717, 1.165) is 12.8 Å². The highest BCUT2D eigenvalue weighted by molar-refractivity contribution is 5.97. The number of methoxy groups -OCH3 is 2. The van der Waals surface area contributed by atoms with Crippen molar-refractivity contribution in [3.8, 4) is 11.5 Å². The Hall–Kier alpha value is -2.24. The molecule has 0 spiro atoms. The number of hydrogen-bond donors (Lipinski definition) is 1. The molecular weight excluding hydrogens is 308 g/mol. The molecule has 2 aliphatic rings. The normalized spacial score (nSPS) is 21.2. The average Bonchev–Trinajstić information content (AvgIpc) is 3.23.